The minimum atomic E-state index is 0.0237. The van der Waals surface area contributed by atoms with Crippen LogP contribution in [-0.4, -0.2) is 28.6 Å². The van der Waals surface area contributed by atoms with Crippen LogP contribution in [0.15, 0.2) is 5.38 Å². The molecule has 0 aromatic carbocycles. The van der Waals surface area contributed by atoms with Crippen LogP contribution in [0.4, 0.5) is 0 Å². The van der Waals surface area contributed by atoms with Gasteiger partial charge in [-0.25, -0.2) is 4.98 Å². The summed E-state index contributed by atoms with van der Waals surface area (Å²) in [7, 11) is 0. The van der Waals surface area contributed by atoms with Crippen LogP contribution in [0.1, 0.15) is 42.8 Å². The summed E-state index contributed by atoms with van der Waals surface area (Å²) in [6, 6.07) is 0.125. The van der Waals surface area contributed by atoms with E-state index in [1.165, 1.54) is 6.42 Å². The standard InChI is InChI=1S/C14H22N2O2S/c1-10-15-12(9-19-10)7-14(18)16-13-6-4-2-3-5-11(13)8-17/h9,11,13,17H,2-8H2,1H3,(H,16,18). The maximum absolute atomic E-state index is 12.0. The number of thiazole rings is 1. The third-order valence-electron chi connectivity index (χ3n) is 3.75. The van der Waals surface area contributed by atoms with Crippen LogP contribution in [-0.2, 0) is 11.2 Å². The first-order valence-corrected chi connectivity index (χ1v) is 7.88. The fourth-order valence-corrected chi connectivity index (χ4v) is 3.32. The molecule has 106 valence electrons. The highest BCUT2D eigenvalue weighted by Gasteiger charge is 2.24. The Morgan fingerprint density at radius 3 is 2.95 bits per heavy atom. The lowest BCUT2D eigenvalue weighted by Crippen LogP contribution is -2.41. The van der Waals surface area contributed by atoms with Crippen LogP contribution in [0, 0.1) is 12.8 Å². The molecule has 5 heteroatoms. The van der Waals surface area contributed by atoms with Crippen molar-refractivity contribution in [3.63, 3.8) is 0 Å². The van der Waals surface area contributed by atoms with Crippen molar-refractivity contribution < 1.29 is 9.90 Å². The third kappa shape index (κ3) is 4.28. The third-order valence-corrected chi connectivity index (χ3v) is 4.57. The number of aryl methyl sites for hydroxylation is 1. The van der Waals surface area contributed by atoms with Crippen LogP contribution in [0.25, 0.3) is 0 Å². The predicted molar refractivity (Wildman–Crippen MR) is 76.1 cm³/mol. The van der Waals surface area contributed by atoms with Gasteiger partial charge in [0, 0.05) is 23.9 Å². The second-order valence-electron chi connectivity index (χ2n) is 5.29. The molecule has 2 unspecified atom stereocenters. The summed E-state index contributed by atoms with van der Waals surface area (Å²) in [6.45, 7) is 2.11. The van der Waals surface area contributed by atoms with E-state index in [1.807, 2.05) is 12.3 Å². The van der Waals surface area contributed by atoms with Crippen LogP contribution in [0.3, 0.4) is 0 Å². The number of carbonyl (C=O) groups excluding carboxylic acids is 1. The summed E-state index contributed by atoms with van der Waals surface area (Å²) in [5.41, 5.74) is 0.842. The zero-order chi connectivity index (χ0) is 13.7. The second kappa shape index (κ2) is 7.01. The van der Waals surface area contributed by atoms with Crippen molar-refractivity contribution in [3.05, 3.63) is 16.1 Å². The number of nitrogens with one attached hydrogen (secondary N) is 1. The van der Waals surface area contributed by atoms with Crippen molar-refractivity contribution in [2.75, 3.05) is 6.61 Å². The van der Waals surface area contributed by atoms with Gasteiger partial charge in [0.15, 0.2) is 0 Å². The zero-order valence-corrected chi connectivity index (χ0v) is 12.2. The van der Waals surface area contributed by atoms with Crippen molar-refractivity contribution in [3.8, 4) is 0 Å². The topological polar surface area (TPSA) is 62.2 Å². The van der Waals surface area contributed by atoms with Gasteiger partial charge in [-0.15, -0.1) is 11.3 Å². The molecule has 2 N–H and O–H groups in total. The van der Waals surface area contributed by atoms with E-state index in [-0.39, 0.29) is 24.5 Å². The van der Waals surface area contributed by atoms with E-state index in [2.05, 4.69) is 10.3 Å². The van der Waals surface area contributed by atoms with Gasteiger partial charge in [0.25, 0.3) is 0 Å². The van der Waals surface area contributed by atoms with Crippen LogP contribution in [0.2, 0.25) is 0 Å². The molecule has 0 saturated heterocycles. The quantitative estimate of drug-likeness (QED) is 0.831. The SMILES string of the molecule is Cc1nc(CC(=O)NC2CCCCCC2CO)cs1. The number of aromatic nitrogens is 1. The molecule has 1 saturated carbocycles. The van der Waals surface area contributed by atoms with Crippen molar-refractivity contribution in [1.82, 2.24) is 10.3 Å². The summed E-state index contributed by atoms with van der Waals surface area (Å²) in [6.07, 6.45) is 5.83. The lowest BCUT2D eigenvalue weighted by atomic mass is 9.95. The van der Waals surface area contributed by atoms with E-state index in [0.717, 1.165) is 36.4 Å². The summed E-state index contributed by atoms with van der Waals surface area (Å²) in [5.74, 6) is 0.235. The van der Waals surface area contributed by atoms with Crippen molar-refractivity contribution in [2.45, 2.75) is 51.5 Å². The first-order chi connectivity index (χ1) is 9.19. The van der Waals surface area contributed by atoms with Gasteiger partial charge < -0.3 is 10.4 Å². The van der Waals surface area contributed by atoms with Crippen LogP contribution >= 0.6 is 11.3 Å². The van der Waals surface area contributed by atoms with Gasteiger partial charge in [-0.2, -0.15) is 0 Å². The predicted octanol–water partition coefficient (Wildman–Crippen LogP) is 2.05. The molecule has 0 aliphatic heterocycles. The van der Waals surface area contributed by atoms with Crippen molar-refractivity contribution in [1.29, 1.82) is 0 Å². The maximum atomic E-state index is 12.0. The van der Waals surface area contributed by atoms with Gasteiger partial charge in [0.1, 0.15) is 0 Å². The molecule has 1 aromatic rings. The first kappa shape index (κ1) is 14.5. The van der Waals surface area contributed by atoms with Gasteiger partial charge in [-0.1, -0.05) is 19.3 Å². The Morgan fingerprint density at radius 1 is 1.47 bits per heavy atom. The molecule has 1 fully saturated rings. The van der Waals surface area contributed by atoms with Crippen molar-refractivity contribution >= 4 is 17.2 Å². The van der Waals surface area contributed by atoms with E-state index in [1.54, 1.807) is 11.3 Å². The molecule has 1 aliphatic carbocycles. The van der Waals surface area contributed by atoms with E-state index in [9.17, 15) is 9.90 Å². The summed E-state index contributed by atoms with van der Waals surface area (Å²) in [5, 5.41) is 15.4. The monoisotopic (exact) mass is 282 g/mol. The highest BCUT2D eigenvalue weighted by molar-refractivity contribution is 7.09. The number of hydrogen-bond donors (Lipinski definition) is 2. The van der Waals surface area contributed by atoms with Crippen LogP contribution in [0.5, 0.6) is 0 Å². The summed E-state index contributed by atoms with van der Waals surface area (Å²) < 4.78 is 0. The Morgan fingerprint density at radius 2 is 2.26 bits per heavy atom. The highest BCUT2D eigenvalue weighted by Crippen LogP contribution is 2.23. The number of nitrogens with zero attached hydrogens (tertiary/aromatic N) is 1. The minimum absolute atomic E-state index is 0.0237. The molecule has 1 heterocycles. The Labute approximate surface area is 118 Å². The number of hydrogen-bond acceptors (Lipinski definition) is 4. The molecule has 4 nitrogen and oxygen atoms in total. The largest absolute Gasteiger partial charge is 0.396 e. The van der Waals surface area contributed by atoms with Gasteiger partial charge in [0.2, 0.25) is 5.91 Å². The van der Waals surface area contributed by atoms with Gasteiger partial charge in [0.05, 0.1) is 17.1 Å². The molecular weight excluding hydrogens is 260 g/mol. The molecule has 2 rings (SSSR count). The summed E-state index contributed by atoms with van der Waals surface area (Å²) in [4.78, 5) is 16.3. The van der Waals surface area contributed by atoms with E-state index < -0.39 is 0 Å². The fraction of sp³-hybridized carbons (Fsp3) is 0.714. The molecule has 0 spiro atoms. The Balaban J connectivity index is 1.89. The average Bonchev–Trinajstić information content (AvgIpc) is 2.65. The van der Waals surface area contributed by atoms with E-state index in [4.69, 9.17) is 0 Å². The number of aliphatic hydroxyl groups is 1. The number of amides is 1. The highest BCUT2D eigenvalue weighted by atomic mass is 32.1. The van der Waals surface area contributed by atoms with Gasteiger partial charge >= 0.3 is 0 Å². The Bertz CT molecular complexity index is 419. The van der Waals surface area contributed by atoms with Crippen molar-refractivity contribution in [2.24, 2.45) is 5.92 Å². The minimum Gasteiger partial charge on any atom is -0.396 e. The molecule has 1 aromatic heterocycles. The lowest BCUT2D eigenvalue weighted by Gasteiger charge is -2.24. The van der Waals surface area contributed by atoms with Gasteiger partial charge in [-0.05, 0) is 19.8 Å². The van der Waals surface area contributed by atoms with E-state index >= 15 is 0 Å². The number of aliphatic hydroxyl groups excluding tert-OH is 1. The van der Waals surface area contributed by atoms with E-state index in [0.29, 0.717) is 6.42 Å². The number of carbonyl (C=O) groups is 1. The molecular formula is C14H22N2O2S. The normalized spacial score (nSPS) is 23.9. The molecule has 2 atom stereocenters. The number of rotatable bonds is 4. The lowest BCUT2D eigenvalue weighted by molar-refractivity contribution is -0.121. The summed E-state index contributed by atoms with van der Waals surface area (Å²) >= 11 is 1.57. The maximum Gasteiger partial charge on any atom is 0.226 e. The molecule has 19 heavy (non-hydrogen) atoms. The second-order valence-corrected chi connectivity index (χ2v) is 6.35. The zero-order valence-electron chi connectivity index (χ0n) is 11.4. The van der Waals surface area contributed by atoms with Gasteiger partial charge in [-0.3, -0.25) is 4.79 Å². The molecule has 1 aliphatic rings. The molecule has 0 radical (unpaired) electrons. The molecule has 0 bridgehead atoms. The average molecular weight is 282 g/mol. The Hall–Kier alpha value is -0.940. The Kier molecular flexibility index (Phi) is 5.34. The fourth-order valence-electron chi connectivity index (χ4n) is 2.70. The molecule has 1 amide bonds. The smallest absolute Gasteiger partial charge is 0.226 e. The van der Waals surface area contributed by atoms with Crippen LogP contribution < -0.4 is 5.32 Å². The first-order valence-electron chi connectivity index (χ1n) is 7.00.